The molecule has 9 heteroatoms. The van der Waals surface area contributed by atoms with Crippen LogP contribution in [0, 0.1) is 0 Å². The highest BCUT2D eigenvalue weighted by Gasteiger charge is 2.15. The van der Waals surface area contributed by atoms with Gasteiger partial charge in [0.05, 0.1) is 32.1 Å². The van der Waals surface area contributed by atoms with Gasteiger partial charge in [0, 0.05) is 6.54 Å². The Morgan fingerprint density at radius 1 is 1.21 bits per heavy atom. The number of thiophene rings is 1. The van der Waals surface area contributed by atoms with Gasteiger partial charge in [-0.05, 0) is 42.5 Å². The summed E-state index contributed by atoms with van der Waals surface area (Å²) in [6, 6.07) is 7.49. The lowest BCUT2D eigenvalue weighted by Gasteiger charge is -2.13. The smallest absolute Gasteiger partial charge is 0.316 e. The van der Waals surface area contributed by atoms with Crippen molar-refractivity contribution in [2.45, 2.75) is 25.0 Å². The lowest BCUT2D eigenvalue weighted by Crippen LogP contribution is -2.24. The molecule has 0 saturated carbocycles. The average Bonchev–Trinajstić information content (AvgIpc) is 3.20. The number of hydrogen-bond donors (Lipinski definition) is 0. The predicted molar refractivity (Wildman–Crippen MR) is 114 cm³/mol. The molecule has 0 aliphatic heterocycles. The van der Waals surface area contributed by atoms with Crippen LogP contribution in [0.15, 0.2) is 39.6 Å². The van der Waals surface area contributed by atoms with E-state index in [1.165, 1.54) is 23.1 Å². The van der Waals surface area contributed by atoms with Crippen LogP contribution in [0.2, 0.25) is 0 Å². The Morgan fingerprint density at radius 3 is 2.72 bits per heavy atom. The summed E-state index contributed by atoms with van der Waals surface area (Å²) in [5.74, 6) is 1.07. The third-order valence-corrected chi connectivity index (χ3v) is 6.07. The van der Waals surface area contributed by atoms with Crippen molar-refractivity contribution >= 4 is 39.3 Å². The Labute approximate surface area is 176 Å². The molecule has 154 valence electrons. The first kappa shape index (κ1) is 21.2. The quantitative estimate of drug-likeness (QED) is 0.290. The molecule has 0 N–H and O–H groups in total. The van der Waals surface area contributed by atoms with Gasteiger partial charge in [-0.2, -0.15) is 0 Å². The maximum Gasteiger partial charge on any atom is 0.316 e. The van der Waals surface area contributed by atoms with Crippen LogP contribution in [-0.4, -0.2) is 42.1 Å². The van der Waals surface area contributed by atoms with E-state index < -0.39 is 0 Å². The van der Waals surface area contributed by atoms with Crippen LogP contribution in [0.3, 0.4) is 0 Å². The minimum atomic E-state index is -0.330. The number of hydrogen-bond acceptors (Lipinski definition) is 8. The summed E-state index contributed by atoms with van der Waals surface area (Å²) in [5, 5.41) is 2.35. The number of esters is 1. The van der Waals surface area contributed by atoms with Crippen molar-refractivity contribution in [3.63, 3.8) is 0 Å². The maximum absolute atomic E-state index is 13.0. The molecule has 0 amide bonds. The van der Waals surface area contributed by atoms with E-state index in [2.05, 4.69) is 4.98 Å². The number of benzene rings is 1. The van der Waals surface area contributed by atoms with Crippen molar-refractivity contribution in [3.8, 4) is 11.5 Å². The first-order valence-electron chi connectivity index (χ1n) is 9.04. The molecule has 0 fully saturated rings. The number of rotatable bonds is 9. The normalized spacial score (nSPS) is 10.9. The zero-order valence-electron chi connectivity index (χ0n) is 16.5. The third kappa shape index (κ3) is 4.91. The fourth-order valence-corrected chi connectivity index (χ4v) is 4.44. The van der Waals surface area contributed by atoms with Crippen molar-refractivity contribution < 1.29 is 19.0 Å². The molecule has 2 aromatic heterocycles. The Morgan fingerprint density at radius 2 is 2.00 bits per heavy atom. The standard InChI is InChI=1S/C20H22N2O5S2/c1-4-27-17(23)12-29-20-21-14-8-10-28-18(14)19(24)22(20)9-7-13-5-6-15(25-2)16(11-13)26-3/h5-6,8,10-11H,4,7,9,12H2,1-3H3. The van der Waals surface area contributed by atoms with Crippen molar-refractivity contribution in [1.29, 1.82) is 0 Å². The van der Waals surface area contributed by atoms with Gasteiger partial charge in [-0.15, -0.1) is 11.3 Å². The number of aromatic nitrogens is 2. The minimum Gasteiger partial charge on any atom is -0.493 e. The highest BCUT2D eigenvalue weighted by atomic mass is 32.2. The molecule has 0 aliphatic carbocycles. The number of ether oxygens (including phenoxy) is 3. The SMILES string of the molecule is CCOC(=O)CSc1nc2ccsc2c(=O)n1CCc1ccc(OC)c(OC)c1. The van der Waals surface area contributed by atoms with Gasteiger partial charge >= 0.3 is 5.97 Å². The molecule has 0 aliphatic rings. The Bertz CT molecular complexity index is 1060. The molecular formula is C20H22N2O5S2. The Balaban J connectivity index is 1.87. The zero-order valence-corrected chi connectivity index (χ0v) is 18.1. The van der Waals surface area contributed by atoms with Gasteiger partial charge in [0.15, 0.2) is 16.7 Å². The van der Waals surface area contributed by atoms with Crippen molar-refractivity contribution in [1.82, 2.24) is 9.55 Å². The molecular weight excluding hydrogens is 412 g/mol. The third-order valence-electron chi connectivity index (χ3n) is 4.23. The molecule has 0 atom stereocenters. The van der Waals surface area contributed by atoms with Crippen LogP contribution < -0.4 is 15.0 Å². The molecule has 0 spiro atoms. The summed E-state index contributed by atoms with van der Waals surface area (Å²) >= 11 is 2.58. The summed E-state index contributed by atoms with van der Waals surface area (Å²) < 4.78 is 17.8. The molecule has 0 bridgehead atoms. The van der Waals surface area contributed by atoms with E-state index in [4.69, 9.17) is 14.2 Å². The molecule has 0 radical (unpaired) electrons. The van der Waals surface area contributed by atoms with Gasteiger partial charge in [-0.25, -0.2) is 4.98 Å². The fourth-order valence-electron chi connectivity index (χ4n) is 2.83. The monoisotopic (exact) mass is 434 g/mol. The van der Waals surface area contributed by atoms with E-state index >= 15 is 0 Å². The summed E-state index contributed by atoms with van der Waals surface area (Å²) in [6.07, 6.45) is 0.603. The number of carbonyl (C=O) groups is 1. The van der Waals surface area contributed by atoms with Gasteiger partial charge < -0.3 is 14.2 Å². The second-order valence-electron chi connectivity index (χ2n) is 6.02. The van der Waals surface area contributed by atoms with Gasteiger partial charge in [0.25, 0.3) is 5.56 Å². The topological polar surface area (TPSA) is 79.7 Å². The first-order valence-corrected chi connectivity index (χ1v) is 10.9. The number of fused-ring (bicyclic) bond motifs is 1. The van der Waals surface area contributed by atoms with Gasteiger partial charge in [0.1, 0.15) is 4.70 Å². The van der Waals surface area contributed by atoms with Gasteiger partial charge in [-0.1, -0.05) is 17.8 Å². The van der Waals surface area contributed by atoms with E-state index in [0.29, 0.717) is 46.4 Å². The zero-order chi connectivity index (χ0) is 20.8. The van der Waals surface area contributed by atoms with Crippen LogP contribution in [0.4, 0.5) is 0 Å². The van der Waals surface area contributed by atoms with Crippen LogP contribution in [-0.2, 0) is 22.5 Å². The van der Waals surface area contributed by atoms with Crippen LogP contribution in [0.5, 0.6) is 11.5 Å². The number of carbonyl (C=O) groups excluding carboxylic acids is 1. The predicted octanol–water partition coefficient (Wildman–Crippen LogP) is 3.37. The van der Waals surface area contributed by atoms with Crippen LogP contribution in [0.1, 0.15) is 12.5 Å². The van der Waals surface area contributed by atoms with Gasteiger partial charge in [0.2, 0.25) is 0 Å². The summed E-state index contributed by atoms with van der Waals surface area (Å²) in [5.41, 5.74) is 1.55. The minimum absolute atomic E-state index is 0.100. The number of methoxy groups -OCH3 is 2. The molecule has 29 heavy (non-hydrogen) atoms. The molecule has 1 aromatic carbocycles. The Hall–Kier alpha value is -2.52. The summed E-state index contributed by atoms with van der Waals surface area (Å²) in [7, 11) is 3.18. The van der Waals surface area contributed by atoms with E-state index in [-0.39, 0.29) is 17.3 Å². The second kappa shape index (κ2) is 9.80. The number of aryl methyl sites for hydroxylation is 1. The van der Waals surface area contributed by atoms with Gasteiger partial charge in [-0.3, -0.25) is 14.2 Å². The van der Waals surface area contributed by atoms with E-state index in [9.17, 15) is 9.59 Å². The highest BCUT2D eigenvalue weighted by molar-refractivity contribution is 7.99. The number of nitrogens with zero attached hydrogens (tertiary/aromatic N) is 2. The molecule has 0 unspecified atom stereocenters. The molecule has 0 saturated heterocycles. The van der Waals surface area contributed by atoms with Crippen molar-refractivity contribution in [3.05, 3.63) is 45.6 Å². The largest absolute Gasteiger partial charge is 0.493 e. The lowest BCUT2D eigenvalue weighted by atomic mass is 10.1. The van der Waals surface area contributed by atoms with Crippen molar-refractivity contribution in [2.75, 3.05) is 26.6 Å². The van der Waals surface area contributed by atoms with E-state index in [1.54, 1.807) is 25.7 Å². The summed E-state index contributed by atoms with van der Waals surface area (Å²) in [4.78, 5) is 29.3. The van der Waals surface area contributed by atoms with Crippen molar-refractivity contribution in [2.24, 2.45) is 0 Å². The summed E-state index contributed by atoms with van der Waals surface area (Å²) in [6.45, 7) is 2.51. The Kier molecular flexibility index (Phi) is 7.16. The van der Waals surface area contributed by atoms with Crippen LogP contribution >= 0.6 is 23.1 Å². The maximum atomic E-state index is 13.0. The lowest BCUT2D eigenvalue weighted by molar-refractivity contribution is -0.139. The average molecular weight is 435 g/mol. The molecule has 3 rings (SSSR count). The second-order valence-corrected chi connectivity index (χ2v) is 7.88. The van der Waals surface area contributed by atoms with E-state index in [0.717, 1.165) is 5.56 Å². The highest BCUT2D eigenvalue weighted by Crippen LogP contribution is 2.28. The first-order chi connectivity index (χ1) is 14.1. The molecule has 3 aromatic rings. The molecule has 2 heterocycles. The van der Waals surface area contributed by atoms with E-state index in [1.807, 2.05) is 29.6 Å². The number of thioether (sulfide) groups is 1. The van der Waals surface area contributed by atoms with Crippen LogP contribution in [0.25, 0.3) is 10.2 Å². The molecule has 7 nitrogen and oxygen atoms in total. The fraction of sp³-hybridized carbons (Fsp3) is 0.350.